The van der Waals surface area contributed by atoms with E-state index >= 15 is 0 Å². The minimum Gasteiger partial charge on any atom is -0.353 e. The average Bonchev–Trinajstić information content (AvgIpc) is 2.91. The van der Waals surface area contributed by atoms with E-state index in [0.29, 0.717) is 0 Å². The predicted octanol–water partition coefficient (Wildman–Crippen LogP) is 2.72. The van der Waals surface area contributed by atoms with Crippen molar-refractivity contribution in [2.75, 3.05) is 13.7 Å². The quantitative estimate of drug-likeness (QED) is 0.628. The molecule has 0 aliphatic heterocycles. The lowest BCUT2D eigenvalue weighted by Gasteiger charge is -2.38. The number of rotatable bonds is 3. The fraction of sp³-hybridized carbons (Fsp3) is 1.00. The summed E-state index contributed by atoms with van der Waals surface area (Å²) in [5.41, 5.74) is 0.721. The van der Waals surface area contributed by atoms with Gasteiger partial charge in [0.15, 0.2) is 5.79 Å². The lowest BCUT2D eigenvalue weighted by Crippen LogP contribution is -2.39. The van der Waals surface area contributed by atoms with Crippen LogP contribution in [0.5, 0.6) is 0 Å². The molecule has 0 unspecified atom stereocenters. The number of hydrogen-bond acceptors (Lipinski definition) is 2. The summed E-state index contributed by atoms with van der Waals surface area (Å²) in [6.45, 7) is 2.81. The molecule has 2 aliphatic carbocycles. The summed E-state index contributed by atoms with van der Waals surface area (Å²) in [5.74, 6) is -0.234. The van der Waals surface area contributed by atoms with Crippen LogP contribution in [-0.2, 0) is 9.47 Å². The maximum atomic E-state index is 5.72. The van der Waals surface area contributed by atoms with Gasteiger partial charge in [0.1, 0.15) is 0 Å². The highest BCUT2D eigenvalue weighted by Crippen LogP contribution is 2.58. The van der Waals surface area contributed by atoms with E-state index in [1.54, 1.807) is 7.11 Å². The second-order valence-electron chi connectivity index (χ2n) is 4.55. The molecular weight excluding hydrogens is 164 g/mol. The van der Waals surface area contributed by atoms with E-state index < -0.39 is 0 Å². The Morgan fingerprint density at radius 3 is 1.92 bits per heavy atom. The van der Waals surface area contributed by atoms with Gasteiger partial charge in [0.2, 0.25) is 0 Å². The Kier molecular flexibility index (Phi) is 2.37. The zero-order chi connectivity index (χ0) is 9.36. The smallest absolute Gasteiger partial charge is 0.167 e. The molecule has 0 N–H and O–H groups in total. The molecule has 0 heterocycles. The van der Waals surface area contributed by atoms with Gasteiger partial charge >= 0.3 is 0 Å². The molecule has 0 radical (unpaired) electrons. The van der Waals surface area contributed by atoms with Crippen molar-refractivity contribution in [3.8, 4) is 0 Å². The van der Waals surface area contributed by atoms with Crippen LogP contribution in [0.15, 0.2) is 0 Å². The summed E-state index contributed by atoms with van der Waals surface area (Å²) in [4.78, 5) is 0. The zero-order valence-corrected chi connectivity index (χ0v) is 8.77. The normalized spacial score (nSPS) is 29.1. The highest BCUT2D eigenvalue weighted by Gasteiger charge is 2.49. The van der Waals surface area contributed by atoms with E-state index in [1.165, 1.54) is 25.7 Å². The number of ether oxygens (including phenoxy) is 2. The molecule has 0 bridgehead atoms. The molecule has 0 atom stereocenters. The van der Waals surface area contributed by atoms with E-state index in [1.807, 2.05) is 6.92 Å². The van der Waals surface area contributed by atoms with Gasteiger partial charge in [-0.15, -0.1) is 0 Å². The molecule has 2 aliphatic rings. The minimum atomic E-state index is -0.234. The second kappa shape index (κ2) is 3.25. The monoisotopic (exact) mass is 184 g/mol. The van der Waals surface area contributed by atoms with Crippen molar-refractivity contribution in [1.29, 1.82) is 0 Å². The van der Waals surface area contributed by atoms with Crippen molar-refractivity contribution in [3.05, 3.63) is 0 Å². The summed E-state index contributed by atoms with van der Waals surface area (Å²) in [7, 11) is 1.78. The Morgan fingerprint density at radius 2 is 1.54 bits per heavy atom. The van der Waals surface area contributed by atoms with Gasteiger partial charge in [-0.3, -0.25) is 0 Å². The molecule has 76 valence electrons. The first kappa shape index (κ1) is 9.47. The Balaban J connectivity index is 1.92. The van der Waals surface area contributed by atoms with Crippen LogP contribution in [0.25, 0.3) is 0 Å². The summed E-state index contributed by atoms with van der Waals surface area (Å²) in [6.07, 6.45) is 7.69. The van der Waals surface area contributed by atoms with Crippen LogP contribution in [0.2, 0.25) is 0 Å². The van der Waals surface area contributed by atoms with Crippen LogP contribution >= 0.6 is 0 Å². The third-order valence-corrected chi connectivity index (χ3v) is 3.81. The standard InChI is InChI=1S/C11H20O2/c1-3-13-11(12-2)8-6-10(4-5-10)7-9-11/h3-9H2,1-2H3. The van der Waals surface area contributed by atoms with Crippen molar-refractivity contribution < 1.29 is 9.47 Å². The molecule has 2 fully saturated rings. The van der Waals surface area contributed by atoms with Gasteiger partial charge < -0.3 is 9.47 Å². The van der Waals surface area contributed by atoms with Gasteiger partial charge in [0.25, 0.3) is 0 Å². The van der Waals surface area contributed by atoms with Crippen molar-refractivity contribution in [2.45, 2.75) is 51.2 Å². The van der Waals surface area contributed by atoms with Gasteiger partial charge in [-0.1, -0.05) is 0 Å². The van der Waals surface area contributed by atoms with Crippen LogP contribution < -0.4 is 0 Å². The third-order valence-electron chi connectivity index (χ3n) is 3.81. The van der Waals surface area contributed by atoms with Gasteiger partial charge in [0, 0.05) is 26.6 Å². The molecule has 2 nitrogen and oxygen atoms in total. The molecule has 0 saturated heterocycles. The number of hydrogen-bond donors (Lipinski definition) is 0. The van der Waals surface area contributed by atoms with Gasteiger partial charge in [-0.05, 0) is 38.0 Å². The minimum absolute atomic E-state index is 0.234. The van der Waals surface area contributed by atoms with Crippen molar-refractivity contribution in [2.24, 2.45) is 5.41 Å². The highest BCUT2D eigenvalue weighted by molar-refractivity contribution is 4.98. The average molecular weight is 184 g/mol. The molecule has 0 amide bonds. The van der Waals surface area contributed by atoms with Crippen LogP contribution in [0.1, 0.15) is 45.4 Å². The summed E-state index contributed by atoms with van der Waals surface area (Å²) >= 11 is 0. The van der Waals surface area contributed by atoms with Crippen LogP contribution in [0.3, 0.4) is 0 Å². The molecule has 0 aromatic rings. The van der Waals surface area contributed by atoms with Crippen molar-refractivity contribution in [3.63, 3.8) is 0 Å². The molecular formula is C11H20O2. The maximum absolute atomic E-state index is 5.72. The summed E-state index contributed by atoms with van der Waals surface area (Å²) in [5, 5.41) is 0. The van der Waals surface area contributed by atoms with Crippen LogP contribution in [0.4, 0.5) is 0 Å². The Hall–Kier alpha value is -0.0800. The third kappa shape index (κ3) is 1.75. The van der Waals surface area contributed by atoms with Crippen LogP contribution in [-0.4, -0.2) is 19.5 Å². The van der Waals surface area contributed by atoms with Crippen molar-refractivity contribution in [1.82, 2.24) is 0 Å². The van der Waals surface area contributed by atoms with Gasteiger partial charge in [0.05, 0.1) is 0 Å². The molecule has 13 heavy (non-hydrogen) atoms. The molecule has 0 aromatic carbocycles. The van der Waals surface area contributed by atoms with E-state index in [4.69, 9.17) is 9.47 Å². The maximum Gasteiger partial charge on any atom is 0.167 e. The van der Waals surface area contributed by atoms with Crippen LogP contribution in [0, 0.1) is 5.41 Å². The van der Waals surface area contributed by atoms with Crippen molar-refractivity contribution >= 4 is 0 Å². The zero-order valence-electron chi connectivity index (χ0n) is 8.77. The van der Waals surface area contributed by atoms with E-state index in [0.717, 1.165) is 24.9 Å². The Bertz CT molecular complexity index is 175. The first-order valence-electron chi connectivity index (χ1n) is 5.43. The van der Waals surface area contributed by atoms with E-state index in [2.05, 4.69) is 0 Å². The molecule has 2 heteroatoms. The Labute approximate surface area is 80.6 Å². The van der Waals surface area contributed by atoms with E-state index in [9.17, 15) is 0 Å². The lowest BCUT2D eigenvalue weighted by molar-refractivity contribution is -0.241. The first-order valence-corrected chi connectivity index (χ1v) is 5.43. The van der Waals surface area contributed by atoms with Gasteiger partial charge in [-0.25, -0.2) is 0 Å². The first-order chi connectivity index (χ1) is 6.24. The molecule has 0 aromatic heterocycles. The topological polar surface area (TPSA) is 18.5 Å². The SMILES string of the molecule is CCOC1(OC)CCC2(CC2)CC1. The predicted molar refractivity (Wildman–Crippen MR) is 51.5 cm³/mol. The van der Waals surface area contributed by atoms with Gasteiger partial charge in [-0.2, -0.15) is 0 Å². The fourth-order valence-electron chi connectivity index (χ4n) is 2.51. The largest absolute Gasteiger partial charge is 0.353 e. The summed E-state index contributed by atoms with van der Waals surface area (Å²) < 4.78 is 11.2. The molecule has 1 spiro atoms. The molecule has 2 saturated carbocycles. The molecule has 2 rings (SSSR count). The fourth-order valence-corrected chi connectivity index (χ4v) is 2.51. The highest BCUT2D eigenvalue weighted by atomic mass is 16.7. The second-order valence-corrected chi connectivity index (χ2v) is 4.55. The lowest BCUT2D eigenvalue weighted by atomic mass is 9.82. The summed E-state index contributed by atoms with van der Waals surface area (Å²) in [6, 6.07) is 0. The van der Waals surface area contributed by atoms with E-state index in [-0.39, 0.29) is 5.79 Å². The Morgan fingerprint density at radius 1 is 1.00 bits per heavy atom. The number of methoxy groups -OCH3 is 1.